The maximum atomic E-state index is 12.4. The minimum Gasteiger partial charge on any atom is -0.404 e. The van der Waals surface area contributed by atoms with Crippen molar-refractivity contribution in [3.8, 4) is 5.75 Å². The number of aryl methyl sites for hydroxylation is 1. The summed E-state index contributed by atoms with van der Waals surface area (Å²) in [7, 11) is 1.77. The summed E-state index contributed by atoms with van der Waals surface area (Å²) in [4.78, 5) is 0. The molecule has 4 nitrogen and oxygen atoms in total. The molecule has 0 saturated heterocycles. The highest BCUT2D eigenvalue weighted by Gasteiger charge is 2.32. The Hall–Kier alpha value is -1.70. The van der Waals surface area contributed by atoms with E-state index in [2.05, 4.69) is 31.1 Å². The van der Waals surface area contributed by atoms with Crippen LogP contribution in [-0.2, 0) is 7.05 Å². The van der Waals surface area contributed by atoms with Gasteiger partial charge in [0.05, 0.1) is 17.4 Å². The number of alkyl halides is 3. The standard InChI is InChI=1S/C13H13BrF3N3O/c1-8(11-5-6-18-20(11)2)19-10-4-3-9(14)7-12(10)21-13(15,16)17/h3-8,19H,1-2H3. The number of hydrogen-bond acceptors (Lipinski definition) is 3. The van der Waals surface area contributed by atoms with Gasteiger partial charge in [-0.05, 0) is 31.2 Å². The molecule has 1 unspecified atom stereocenters. The fraction of sp³-hybridized carbons (Fsp3) is 0.308. The number of halogens is 4. The summed E-state index contributed by atoms with van der Waals surface area (Å²) in [6, 6.07) is 6.00. The molecule has 0 saturated carbocycles. The van der Waals surface area contributed by atoms with E-state index in [1.165, 1.54) is 12.1 Å². The Morgan fingerprint density at radius 2 is 2.05 bits per heavy atom. The summed E-state index contributed by atoms with van der Waals surface area (Å²) in [5.41, 5.74) is 1.10. The Morgan fingerprint density at radius 1 is 1.33 bits per heavy atom. The van der Waals surface area contributed by atoms with Gasteiger partial charge in [-0.15, -0.1) is 13.2 Å². The summed E-state index contributed by atoms with van der Waals surface area (Å²) in [6.07, 6.45) is -3.12. The minimum atomic E-state index is -4.74. The van der Waals surface area contributed by atoms with Gasteiger partial charge < -0.3 is 10.1 Å². The molecule has 0 aliphatic carbocycles. The summed E-state index contributed by atoms with van der Waals surface area (Å²) >= 11 is 3.13. The normalized spacial score (nSPS) is 13.0. The average Bonchev–Trinajstić information content (AvgIpc) is 2.77. The molecule has 2 aromatic rings. The Kier molecular flexibility index (Phi) is 4.46. The number of ether oxygens (including phenoxy) is 1. The molecule has 1 aromatic carbocycles. The molecule has 0 fully saturated rings. The van der Waals surface area contributed by atoms with E-state index in [0.717, 1.165) is 5.69 Å². The quantitative estimate of drug-likeness (QED) is 0.882. The number of rotatable bonds is 4. The number of nitrogens with one attached hydrogen (secondary N) is 1. The van der Waals surface area contributed by atoms with Crippen molar-refractivity contribution in [2.24, 2.45) is 7.05 Å². The fourth-order valence-corrected chi connectivity index (χ4v) is 2.28. The lowest BCUT2D eigenvalue weighted by Gasteiger charge is -2.19. The average molecular weight is 364 g/mol. The molecule has 114 valence electrons. The van der Waals surface area contributed by atoms with E-state index in [4.69, 9.17) is 0 Å². The van der Waals surface area contributed by atoms with Gasteiger partial charge in [0.1, 0.15) is 0 Å². The maximum absolute atomic E-state index is 12.4. The second-order valence-corrected chi connectivity index (χ2v) is 5.35. The number of hydrogen-bond donors (Lipinski definition) is 1. The lowest BCUT2D eigenvalue weighted by molar-refractivity contribution is -0.274. The third-order valence-corrected chi connectivity index (χ3v) is 3.34. The van der Waals surface area contributed by atoms with Gasteiger partial charge in [-0.25, -0.2) is 0 Å². The Bertz CT molecular complexity index is 627. The molecule has 0 spiro atoms. The van der Waals surface area contributed by atoms with Crippen molar-refractivity contribution in [3.63, 3.8) is 0 Å². The third kappa shape index (κ3) is 4.13. The van der Waals surface area contributed by atoms with Gasteiger partial charge in [0.2, 0.25) is 0 Å². The van der Waals surface area contributed by atoms with Gasteiger partial charge >= 0.3 is 6.36 Å². The van der Waals surface area contributed by atoms with Crippen LogP contribution in [0.15, 0.2) is 34.9 Å². The molecular weight excluding hydrogens is 351 g/mol. The van der Waals surface area contributed by atoms with Crippen molar-refractivity contribution in [1.82, 2.24) is 9.78 Å². The van der Waals surface area contributed by atoms with Crippen LogP contribution in [0, 0.1) is 0 Å². The van der Waals surface area contributed by atoms with Crippen LogP contribution < -0.4 is 10.1 Å². The van der Waals surface area contributed by atoms with Crippen LogP contribution in [0.2, 0.25) is 0 Å². The Labute approximate surface area is 128 Å². The van der Waals surface area contributed by atoms with Crippen LogP contribution in [0.5, 0.6) is 5.75 Å². The van der Waals surface area contributed by atoms with Gasteiger partial charge in [0.15, 0.2) is 5.75 Å². The third-order valence-electron chi connectivity index (χ3n) is 2.84. The smallest absolute Gasteiger partial charge is 0.404 e. The van der Waals surface area contributed by atoms with Crippen molar-refractivity contribution in [3.05, 3.63) is 40.6 Å². The van der Waals surface area contributed by atoms with Crippen LogP contribution in [0.4, 0.5) is 18.9 Å². The first-order chi connectivity index (χ1) is 9.76. The fourth-order valence-electron chi connectivity index (χ4n) is 1.94. The number of aromatic nitrogens is 2. The monoisotopic (exact) mass is 363 g/mol. The van der Waals surface area contributed by atoms with Crippen molar-refractivity contribution >= 4 is 21.6 Å². The molecule has 2 rings (SSSR count). The van der Waals surface area contributed by atoms with E-state index >= 15 is 0 Å². The predicted octanol–water partition coefficient (Wildman–Crippen LogP) is 4.25. The summed E-state index contributed by atoms with van der Waals surface area (Å²) < 4.78 is 43.5. The molecule has 0 radical (unpaired) electrons. The zero-order valence-electron chi connectivity index (χ0n) is 11.3. The molecule has 1 atom stereocenters. The van der Waals surface area contributed by atoms with E-state index in [1.54, 1.807) is 30.1 Å². The molecule has 8 heteroatoms. The van der Waals surface area contributed by atoms with E-state index in [-0.39, 0.29) is 17.5 Å². The molecule has 21 heavy (non-hydrogen) atoms. The molecule has 1 N–H and O–H groups in total. The molecule has 0 bridgehead atoms. The SMILES string of the molecule is CC(Nc1ccc(Br)cc1OC(F)(F)F)c1ccnn1C. The topological polar surface area (TPSA) is 39.1 Å². The summed E-state index contributed by atoms with van der Waals surface area (Å²) in [5, 5.41) is 7.03. The highest BCUT2D eigenvalue weighted by atomic mass is 79.9. The minimum absolute atomic E-state index is 0.228. The molecule has 0 aliphatic heterocycles. The molecule has 0 aliphatic rings. The van der Waals surface area contributed by atoms with Gasteiger partial charge in [-0.3, -0.25) is 4.68 Å². The van der Waals surface area contributed by atoms with Crippen molar-refractivity contribution in [2.45, 2.75) is 19.3 Å². The van der Waals surface area contributed by atoms with E-state index in [1.807, 2.05) is 6.92 Å². The predicted molar refractivity (Wildman–Crippen MR) is 76.1 cm³/mol. The zero-order chi connectivity index (χ0) is 15.6. The molecule has 1 heterocycles. The van der Waals surface area contributed by atoms with Crippen LogP contribution in [0.25, 0.3) is 0 Å². The van der Waals surface area contributed by atoms with E-state index in [9.17, 15) is 13.2 Å². The van der Waals surface area contributed by atoms with Crippen molar-refractivity contribution in [1.29, 1.82) is 0 Å². The zero-order valence-corrected chi connectivity index (χ0v) is 12.9. The van der Waals surface area contributed by atoms with Crippen molar-refractivity contribution < 1.29 is 17.9 Å². The lowest BCUT2D eigenvalue weighted by atomic mass is 10.2. The lowest BCUT2D eigenvalue weighted by Crippen LogP contribution is -2.19. The molecule has 1 aromatic heterocycles. The van der Waals surface area contributed by atoms with Crippen LogP contribution in [0.1, 0.15) is 18.7 Å². The second kappa shape index (κ2) is 5.97. The van der Waals surface area contributed by atoms with Gasteiger partial charge in [-0.2, -0.15) is 5.10 Å². The van der Waals surface area contributed by atoms with Crippen LogP contribution >= 0.6 is 15.9 Å². The number of benzene rings is 1. The maximum Gasteiger partial charge on any atom is 0.573 e. The van der Waals surface area contributed by atoms with Crippen LogP contribution in [-0.4, -0.2) is 16.1 Å². The summed E-state index contributed by atoms with van der Waals surface area (Å²) in [6.45, 7) is 1.83. The van der Waals surface area contributed by atoms with Gasteiger partial charge in [0.25, 0.3) is 0 Å². The highest BCUT2D eigenvalue weighted by Crippen LogP contribution is 2.34. The van der Waals surface area contributed by atoms with Crippen LogP contribution in [0.3, 0.4) is 0 Å². The van der Waals surface area contributed by atoms with Gasteiger partial charge in [0, 0.05) is 17.7 Å². The second-order valence-electron chi connectivity index (χ2n) is 4.43. The molecule has 0 amide bonds. The first-order valence-corrected chi connectivity index (χ1v) is 6.85. The van der Waals surface area contributed by atoms with E-state index in [0.29, 0.717) is 4.47 Å². The highest BCUT2D eigenvalue weighted by molar-refractivity contribution is 9.10. The Morgan fingerprint density at radius 3 is 2.62 bits per heavy atom. The number of nitrogens with zero attached hydrogens (tertiary/aromatic N) is 2. The van der Waals surface area contributed by atoms with Crippen molar-refractivity contribution in [2.75, 3.05) is 5.32 Å². The first kappa shape index (κ1) is 15.7. The van der Waals surface area contributed by atoms with E-state index < -0.39 is 6.36 Å². The molecular formula is C13H13BrF3N3O. The largest absolute Gasteiger partial charge is 0.573 e. The van der Waals surface area contributed by atoms with Gasteiger partial charge in [-0.1, -0.05) is 15.9 Å². The summed E-state index contributed by atoms with van der Waals surface area (Å²) in [5.74, 6) is -0.286. The number of anilines is 1. The first-order valence-electron chi connectivity index (χ1n) is 6.06. The Balaban J connectivity index is 2.25.